The Balaban J connectivity index is 2.16. The third-order valence-corrected chi connectivity index (χ3v) is 4.06. The number of amides is 1. The van der Waals surface area contributed by atoms with Crippen molar-refractivity contribution in [3.05, 3.63) is 33.8 Å². The number of carbonyl (C=O) groups excluding carboxylic acids is 1. The molecule has 98 valence electrons. The highest BCUT2D eigenvalue weighted by Gasteiger charge is 2.23. The van der Waals surface area contributed by atoms with Crippen LogP contribution in [-0.2, 0) is 0 Å². The highest BCUT2D eigenvalue weighted by atomic mass is 79.9. The number of benzene rings is 1. The van der Waals surface area contributed by atoms with Crippen molar-refractivity contribution in [3.63, 3.8) is 0 Å². The van der Waals surface area contributed by atoms with E-state index in [4.69, 9.17) is 0 Å². The van der Waals surface area contributed by atoms with Gasteiger partial charge in [0.25, 0.3) is 5.91 Å². The number of piperidine rings is 1. The first-order valence-electron chi connectivity index (χ1n) is 6.33. The largest absolute Gasteiger partial charge is 0.337 e. The van der Waals surface area contributed by atoms with Crippen LogP contribution in [0.3, 0.4) is 0 Å². The van der Waals surface area contributed by atoms with Gasteiger partial charge in [-0.15, -0.1) is 0 Å². The summed E-state index contributed by atoms with van der Waals surface area (Å²) in [5, 5.41) is 3.34. The number of hydrogen-bond donors (Lipinski definition) is 1. The molecule has 1 aromatic rings. The van der Waals surface area contributed by atoms with Crippen LogP contribution >= 0.6 is 15.9 Å². The molecule has 0 bridgehead atoms. The van der Waals surface area contributed by atoms with Gasteiger partial charge in [0.15, 0.2) is 0 Å². The molecule has 3 nitrogen and oxygen atoms in total. The Bertz CT molecular complexity index is 441. The Morgan fingerprint density at radius 2 is 2.28 bits per heavy atom. The zero-order valence-corrected chi connectivity index (χ0v) is 12.5. The van der Waals surface area contributed by atoms with Gasteiger partial charge in [0, 0.05) is 29.7 Å². The number of hydrogen-bond acceptors (Lipinski definition) is 2. The van der Waals surface area contributed by atoms with Gasteiger partial charge in [0.2, 0.25) is 0 Å². The first-order chi connectivity index (χ1) is 8.59. The highest BCUT2D eigenvalue weighted by Crippen LogP contribution is 2.19. The van der Waals surface area contributed by atoms with Crippen molar-refractivity contribution in [3.8, 4) is 0 Å². The van der Waals surface area contributed by atoms with Crippen molar-refractivity contribution < 1.29 is 4.79 Å². The number of likely N-dealkylation sites (N-methyl/N-ethyl adjacent to an activating group) is 1. The first-order valence-corrected chi connectivity index (χ1v) is 7.13. The van der Waals surface area contributed by atoms with Crippen molar-refractivity contribution in [2.75, 3.05) is 20.1 Å². The normalized spacial score (nSPS) is 19.6. The van der Waals surface area contributed by atoms with Crippen molar-refractivity contribution >= 4 is 21.8 Å². The second kappa shape index (κ2) is 5.85. The molecule has 0 radical (unpaired) electrons. The Hall–Kier alpha value is -0.870. The number of halogens is 1. The summed E-state index contributed by atoms with van der Waals surface area (Å²) in [6, 6.07) is 6.16. The summed E-state index contributed by atoms with van der Waals surface area (Å²) in [7, 11) is 1.90. The van der Waals surface area contributed by atoms with Crippen molar-refractivity contribution in [2.45, 2.75) is 25.8 Å². The van der Waals surface area contributed by atoms with Crippen LogP contribution in [0.2, 0.25) is 0 Å². The van der Waals surface area contributed by atoms with E-state index in [0.717, 1.165) is 41.5 Å². The standard InChI is InChI=1S/C14H19BrN2O/c1-10-5-6-11(15)8-13(10)14(18)17(2)12-4-3-7-16-9-12/h5-6,8,12,16H,3-4,7,9H2,1-2H3. The first kappa shape index (κ1) is 13.6. The summed E-state index contributed by atoms with van der Waals surface area (Å²) >= 11 is 3.43. The molecular weight excluding hydrogens is 292 g/mol. The van der Waals surface area contributed by atoms with E-state index in [-0.39, 0.29) is 5.91 Å². The summed E-state index contributed by atoms with van der Waals surface area (Å²) in [6.07, 6.45) is 2.22. The van der Waals surface area contributed by atoms with Crippen molar-refractivity contribution in [2.24, 2.45) is 0 Å². The lowest BCUT2D eigenvalue weighted by Crippen LogP contribution is -2.46. The quantitative estimate of drug-likeness (QED) is 0.910. The van der Waals surface area contributed by atoms with E-state index < -0.39 is 0 Å². The lowest BCUT2D eigenvalue weighted by molar-refractivity contribution is 0.0707. The molecule has 1 N–H and O–H groups in total. The van der Waals surface area contributed by atoms with Crippen LogP contribution in [0.4, 0.5) is 0 Å². The second-order valence-corrected chi connectivity index (χ2v) is 5.79. The molecule has 1 heterocycles. The molecule has 0 spiro atoms. The fraction of sp³-hybridized carbons (Fsp3) is 0.500. The van der Waals surface area contributed by atoms with Crippen LogP contribution in [0.1, 0.15) is 28.8 Å². The van der Waals surface area contributed by atoms with Gasteiger partial charge in [-0.1, -0.05) is 22.0 Å². The molecular formula is C14H19BrN2O. The lowest BCUT2D eigenvalue weighted by atomic mass is 10.0. The molecule has 18 heavy (non-hydrogen) atoms. The number of nitrogens with zero attached hydrogens (tertiary/aromatic N) is 1. The number of rotatable bonds is 2. The molecule has 2 rings (SSSR count). The van der Waals surface area contributed by atoms with E-state index in [2.05, 4.69) is 21.2 Å². The molecule has 1 aliphatic rings. The van der Waals surface area contributed by atoms with Crippen LogP contribution in [0.15, 0.2) is 22.7 Å². The van der Waals surface area contributed by atoms with Gasteiger partial charge in [0.1, 0.15) is 0 Å². The van der Waals surface area contributed by atoms with Crippen LogP contribution in [0, 0.1) is 6.92 Å². The molecule has 1 aliphatic heterocycles. The van der Waals surface area contributed by atoms with Crippen molar-refractivity contribution in [1.29, 1.82) is 0 Å². The van der Waals surface area contributed by atoms with Gasteiger partial charge in [-0.05, 0) is 44.0 Å². The van der Waals surface area contributed by atoms with Gasteiger partial charge in [-0.3, -0.25) is 4.79 Å². The minimum atomic E-state index is 0.113. The minimum absolute atomic E-state index is 0.113. The molecule has 1 fully saturated rings. The molecule has 4 heteroatoms. The maximum atomic E-state index is 12.5. The zero-order valence-electron chi connectivity index (χ0n) is 10.9. The molecule has 1 amide bonds. The minimum Gasteiger partial charge on any atom is -0.337 e. The van der Waals surface area contributed by atoms with Crippen LogP contribution in [-0.4, -0.2) is 37.0 Å². The predicted molar refractivity (Wildman–Crippen MR) is 76.9 cm³/mol. The van der Waals surface area contributed by atoms with E-state index in [1.54, 1.807) is 0 Å². The van der Waals surface area contributed by atoms with Gasteiger partial charge < -0.3 is 10.2 Å². The van der Waals surface area contributed by atoms with E-state index >= 15 is 0 Å². The monoisotopic (exact) mass is 310 g/mol. The smallest absolute Gasteiger partial charge is 0.254 e. The zero-order chi connectivity index (χ0) is 13.1. The van der Waals surface area contributed by atoms with Crippen LogP contribution in [0.5, 0.6) is 0 Å². The number of aryl methyl sites for hydroxylation is 1. The number of carbonyl (C=O) groups is 1. The average Bonchev–Trinajstić information content (AvgIpc) is 2.41. The highest BCUT2D eigenvalue weighted by molar-refractivity contribution is 9.10. The Labute approximate surface area is 117 Å². The fourth-order valence-electron chi connectivity index (χ4n) is 2.34. The third-order valence-electron chi connectivity index (χ3n) is 3.57. The SMILES string of the molecule is Cc1ccc(Br)cc1C(=O)N(C)C1CCCNC1. The molecule has 0 saturated carbocycles. The van der Waals surface area contributed by atoms with Crippen molar-refractivity contribution in [1.82, 2.24) is 10.2 Å². The molecule has 1 saturated heterocycles. The average molecular weight is 311 g/mol. The second-order valence-electron chi connectivity index (χ2n) is 4.88. The molecule has 1 aromatic carbocycles. The summed E-state index contributed by atoms with van der Waals surface area (Å²) in [5.74, 6) is 0.113. The van der Waals surface area contributed by atoms with Crippen LogP contribution in [0.25, 0.3) is 0 Å². The Morgan fingerprint density at radius 3 is 2.94 bits per heavy atom. The number of nitrogens with one attached hydrogen (secondary N) is 1. The summed E-state index contributed by atoms with van der Waals surface area (Å²) in [6.45, 7) is 3.94. The Morgan fingerprint density at radius 1 is 1.50 bits per heavy atom. The molecule has 1 unspecified atom stereocenters. The maximum absolute atomic E-state index is 12.5. The van der Waals surface area contributed by atoms with Gasteiger partial charge in [-0.25, -0.2) is 0 Å². The molecule has 0 aromatic heterocycles. The topological polar surface area (TPSA) is 32.3 Å². The van der Waals surface area contributed by atoms with E-state index in [1.165, 1.54) is 0 Å². The summed E-state index contributed by atoms with van der Waals surface area (Å²) in [4.78, 5) is 14.4. The van der Waals surface area contributed by atoms with E-state index in [9.17, 15) is 4.79 Å². The summed E-state index contributed by atoms with van der Waals surface area (Å²) < 4.78 is 0.951. The Kier molecular flexibility index (Phi) is 4.40. The lowest BCUT2D eigenvalue weighted by Gasteiger charge is -2.32. The van der Waals surface area contributed by atoms with E-state index in [0.29, 0.717) is 6.04 Å². The third kappa shape index (κ3) is 2.93. The van der Waals surface area contributed by atoms with Gasteiger partial charge >= 0.3 is 0 Å². The van der Waals surface area contributed by atoms with Gasteiger partial charge in [-0.2, -0.15) is 0 Å². The summed E-state index contributed by atoms with van der Waals surface area (Å²) in [5.41, 5.74) is 1.82. The predicted octanol–water partition coefficient (Wildman–Crippen LogP) is 2.58. The molecule has 0 aliphatic carbocycles. The maximum Gasteiger partial charge on any atom is 0.254 e. The molecule has 1 atom stereocenters. The van der Waals surface area contributed by atoms with Gasteiger partial charge in [0.05, 0.1) is 0 Å². The fourth-order valence-corrected chi connectivity index (χ4v) is 2.71. The van der Waals surface area contributed by atoms with E-state index in [1.807, 2.05) is 37.1 Å². The van der Waals surface area contributed by atoms with Crippen LogP contribution < -0.4 is 5.32 Å².